The zero-order chi connectivity index (χ0) is 93.4. The molecule has 132 heavy (non-hydrogen) atoms. The van der Waals surface area contributed by atoms with Gasteiger partial charge in [0.15, 0.2) is 0 Å². The Morgan fingerprint density at radius 1 is 0.439 bits per heavy atom. The highest BCUT2D eigenvalue weighted by atomic mass is 16.5. The minimum absolute atomic E-state index is 0.0634. The number of ether oxygens (including phenoxy) is 1. The summed E-state index contributed by atoms with van der Waals surface area (Å²) < 4.78 is 5.13. The number of carbonyl (C=O) groups is 2. The van der Waals surface area contributed by atoms with Crippen LogP contribution >= 0.6 is 0 Å². The van der Waals surface area contributed by atoms with Crippen LogP contribution in [0.15, 0.2) is 110 Å². The van der Waals surface area contributed by atoms with Crippen LogP contribution in [0.4, 0.5) is 0 Å². The Hall–Kier alpha value is -3.32. The highest BCUT2D eigenvalue weighted by Crippen LogP contribution is 2.72. The van der Waals surface area contributed by atoms with Crippen LogP contribution in [-0.4, -0.2) is 52.5 Å². The minimum atomic E-state index is -0.294. The van der Waals surface area contributed by atoms with Crippen molar-refractivity contribution in [2.45, 2.75) is 441 Å². The lowest BCUT2D eigenvalue weighted by atomic mass is 9.41. The predicted molar refractivity (Wildman–Crippen MR) is 551 cm³/mol. The van der Waals surface area contributed by atoms with E-state index >= 15 is 0 Å². The van der Waals surface area contributed by atoms with Crippen molar-refractivity contribution >= 4 is 12.3 Å². The van der Waals surface area contributed by atoms with Gasteiger partial charge in [0, 0.05) is 13.0 Å². The molecular formula is C126H198O6. The Balaban J connectivity index is 0.000000104. The Bertz CT molecular complexity index is 4080. The van der Waals surface area contributed by atoms with Crippen LogP contribution in [0.2, 0.25) is 0 Å². The molecule has 29 aliphatic rings. The van der Waals surface area contributed by atoms with Gasteiger partial charge >= 0.3 is 5.97 Å². The fraction of sp³-hybridized carbons (Fsp3) is 0.841. The van der Waals surface area contributed by atoms with Gasteiger partial charge in [-0.2, -0.15) is 0 Å². The number of hydrogen-bond acceptors (Lipinski definition) is 6. The lowest BCUT2D eigenvalue weighted by Crippen LogP contribution is -2.58. The van der Waals surface area contributed by atoms with Crippen LogP contribution in [-0.2, 0) is 14.3 Å². The SMILES string of the molecule is C=CC1(C)C2CC3CC(C2)C(CO)C1C3.C=CC1(C)C2CC3CC1CC(O)(C3)C2.C=CC1(C)CC2CCC1C2.C=CC1(C)CC2CCCC2C1.CC/C=C/C1(C)CC2CCC1C2.CC/C=C\C1(C)C2CC3CC1CC(C(=O)OC)(C3)C2.CC1(C2=CCCCC2)CC2(O)CCC1C2.CC1(C=C2CCCC2)CC2CC(CC=O)CC2C1.CC1CC=C(C2(C)C3CC4CC(C3)CC2C4)CC1. The molecule has 29 aliphatic carbocycles. The van der Waals surface area contributed by atoms with Gasteiger partial charge < -0.3 is 24.9 Å². The van der Waals surface area contributed by atoms with Crippen molar-refractivity contribution in [2.24, 2.45) is 208 Å². The third-order valence-electron chi connectivity index (χ3n) is 46.9. The van der Waals surface area contributed by atoms with E-state index in [9.17, 15) is 24.9 Å². The fourth-order valence-electron chi connectivity index (χ4n) is 39.7. The predicted octanol–water partition coefficient (Wildman–Crippen LogP) is 32.9. The molecule has 22 bridgehead atoms. The average molecular weight is 1810 g/mol. The molecule has 0 saturated heterocycles. The van der Waals surface area contributed by atoms with Gasteiger partial charge in [0.05, 0.1) is 23.7 Å². The van der Waals surface area contributed by atoms with E-state index in [1.54, 1.807) is 50.4 Å². The molecular weight excluding hydrogens is 1610 g/mol. The summed E-state index contributed by atoms with van der Waals surface area (Å²) in [5, 5.41) is 30.4. The number of hydrogen-bond donors (Lipinski definition) is 3. The molecule has 24 atom stereocenters. The first-order chi connectivity index (χ1) is 63.0. The zero-order valence-electron chi connectivity index (χ0n) is 87.2. The van der Waals surface area contributed by atoms with E-state index in [0.29, 0.717) is 90.8 Å². The van der Waals surface area contributed by atoms with Gasteiger partial charge in [-0.15, -0.1) is 26.3 Å². The van der Waals surface area contributed by atoms with Gasteiger partial charge in [-0.3, -0.25) is 4.79 Å². The van der Waals surface area contributed by atoms with Crippen LogP contribution < -0.4 is 0 Å². The lowest BCUT2D eigenvalue weighted by Gasteiger charge is -2.62. The Morgan fingerprint density at radius 3 is 1.47 bits per heavy atom. The van der Waals surface area contributed by atoms with Crippen molar-refractivity contribution in [3.63, 3.8) is 0 Å². The molecule has 0 amide bonds. The molecule has 0 radical (unpaired) electrons. The smallest absolute Gasteiger partial charge is 0.311 e. The summed E-state index contributed by atoms with van der Waals surface area (Å²) in [4.78, 5) is 22.9. The number of rotatable bonds is 15. The van der Waals surface area contributed by atoms with Crippen molar-refractivity contribution in [3.8, 4) is 0 Å². The molecule has 6 nitrogen and oxygen atoms in total. The maximum Gasteiger partial charge on any atom is 0.311 e. The van der Waals surface area contributed by atoms with Crippen molar-refractivity contribution in [3.05, 3.63) is 110 Å². The number of aliphatic hydroxyl groups is 3. The van der Waals surface area contributed by atoms with Crippen LogP contribution in [0.25, 0.3) is 0 Å². The average Bonchev–Trinajstić information content (AvgIpc) is 1.03. The molecule has 0 heterocycles. The Morgan fingerprint density at radius 2 is 0.985 bits per heavy atom. The summed E-state index contributed by atoms with van der Waals surface area (Å²) in [6.45, 7) is 45.1. The monoisotopic (exact) mass is 1810 g/mol. The van der Waals surface area contributed by atoms with Gasteiger partial charge in [-0.05, 0) is 511 Å². The molecule has 0 aromatic carbocycles. The van der Waals surface area contributed by atoms with E-state index in [2.05, 4.69) is 176 Å². The molecule has 0 aliphatic heterocycles. The molecule has 29 rings (SSSR count). The molecule has 0 aromatic heterocycles. The first-order valence-corrected chi connectivity index (χ1v) is 57.5. The summed E-state index contributed by atoms with van der Waals surface area (Å²) >= 11 is 0. The Labute approximate surface area is 809 Å². The molecule has 0 aromatic rings. The van der Waals surface area contributed by atoms with Crippen molar-refractivity contribution in [1.82, 2.24) is 0 Å². The number of aldehydes is 1. The third-order valence-corrected chi connectivity index (χ3v) is 46.9. The van der Waals surface area contributed by atoms with Crippen LogP contribution in [0.5, 0.6) is 0 Å². The van der Waals surface area contributed by atoms with Crippen molar-refractivity contribution < 1.29 is 29.6 Å². The number of fused-ring (bicyclic) bond motifs is 8. The quantitative estimate of drug-likeness (QED) is 0.0857. The maximum absolute atomic E-state index is 12.3. The van der Waals surface area contributed by atoms with E-state index in [1.165, 1.54) is 244 Å². The standard InChI is InChI=1S/C18H28.C17H26O2.C17H26O.2C14H22O.C13H20O.C12H20.C11H18.C10H16/c1-12-3-5-15(6-4-12)18(2)16-8-13-7-14(10-16)11-17(18)9-13;1-4-5-6-16(2)13-7-12-8-14(16)11-17(9-12,10-13)15(18)19-3;1-17(10-13-4-2-3-5-13)11-15-8-14(6-7-18)9-16(15)12-17;1-13(11-5-3-2-4-6-11)10-14(15)8-7-12(13)9-14;1-3-14(2)11-5-9-4-10(7-11)12(8-15)13(14)6-9;1-3-12(2)10-4-9-5-11(12)8-13(14,6-9)7-10;1-3-4-7-12(2)9-10-5-6-11(12)8-10;1-3-11(2)7-9-5-4-6-10(9)8-11;1-3-10(2)7-8-4-5-9(10)6-8/h5,12-14,16-17H,3-4,6-11H2,1-2H3;5-6,12-14H,4,7-11H2,1-3H3;7,10,14-16H,2-6,8-9,11-12H2,1H3;5,12,15H,2-4,6-10H2,1H3;3,9-13,15H,1,4-8H2,2H3;3,9-11,14H,1,4-8H2,2H3;4,7,10-11H,3,5-6,8-9H2,1-2H3;3,9-10H,1,4-8H2,2H3;3,8-9H,1,4-7H2,2H3/b;6-5-;;;;;7-4+;;. The molecule has 6 heteroatoms. The summed E-state index contributed by atoms with van der Waals surface area (Å²) in [7, 11) is 1.55. The van der Waals surface area contributed by atoms with E-state index in [-0.39, 0.29) is 22.6 Å². The van der Waals surface area contributed by atoms with Gasteiger partial charge in [0.2, 0.25) is 0 Å². The van der Waals surface area contributed by atoms with Crippen molar-refractivity contribution in [1.29, 1.82) is 0 Å². The van der Waals surface area contributed by atoms with Gasteiger partial charge in [0.25, 0.3) is 0 Å². The summed E-state index contributed by atoms with van der Waals surface area (Å²) in [6, 6.07) is 0. The Kier molecular flexibility index (Phi) is 30.3. The summed E-state index contributed by atoms with van der Waals surface area (Å²) in [5.74, 6) is 23.2. The number of aliphatic hydroxyl groups excluding tert-OH is 1. The van der Waals surface area contributed by atoms with Crippen LogP contribution in [0, 0.1) is 208 Å². The molecule has 3 N–H and O–H groups in total. The molecule has 27 saturated carbocycles. The van der Waals surface area contributed by atoms with E-state index in [0.717, 1.165) is 195 Å². The third kappa shape index (κ3) is 20.0. The van der Waals surface area contributed by atoms with Gasteiger partial charge in [-0.1, -0.05) is 199 Å². The zero-order valence-corrected chi connectivity index (χ0v) is 87.2. The van der Waals surface area contributed by atoms with Gasteiger partial charge in [0.1, 0.15) is 6.29 Å². The summed E-state index contributed by atoms with van der Waals surface area (Å²) in [5.41, 5.74) is 8.60. The lowest BCUT2D eigenvalue weighted by molar-refractivity contribution is -0.180. The van der Waals surface area contributed by atoms with E-state index in [4.69, 9.17) is 4.74 Å². The second kappa shape index (κ2) is 39.9. The summed E-state index contributed by atoms with van der Waals surface area (Å²) in [6.07, 6.45) is 99.5. The normalized spacial score (nSPS) is 50.9. The molecule has 24 unspecified atom stereocenters. The first-order valence-electron chi connectivity index (χ1n) is 57.5. The number of esters is 1. The highest BCUT2D eigenvalue weighted by molar-refractivity contribution is 5.77. The highest BCUT2D eigenvalue weighted by Gasteiger charge is 2.65. The fourth-order valence-corrected chi connectivity index (χ4v) is 39.7. The second-order valence-corrected chi connectivity index (χ2v) is 55.4. The minimum Gasteiger partial charge on any atom is -0.469 e. The van der Waals surface area contributed by atoms with E-state index in [1.807, 2.05) is 5.57 Å². The van der Waals surface area contributed by atoms with Crippen molar-refractivity contribution in [2.75, 3.05) is 13.7 Å². The van der Waals surface area contributed by atoms with E-state index < -0.39 is 0 Å². The molecule has 738 valence electrons. The number of carbonyl (C=O) groups excluding carboxylic acids is 2. The maximum atomic E-state index is 12.3. The number of methoxy groups -OCH3 is 1. The van der Waals surface area contributed by atoms with Gasteiger partial charge in [-0.25, -0.2) is 0 Å². The molecule has 27 fully saturated rings. The number of allylic oxidation sites excluding steroid dienone is 14. The molecule has 0 spiro atoms. The van der Waals surface area contributed by atoms with Crippen LogP contribution in [0.1, 0.15) is 430 Å². The topological polar surface area (TPSA) is 104 Å². The largest absolute Gasteiger partial charge is 0.469 e. The second-order valence-electron chi connectivity index (χ2n) is 55.4. The van der Waals surface area contributed by atoms with Crippen LogP contribution in [0.3, 0.4) is 0 Å². The first kappa shape index (κ1) is 100.